The average Bonchev–Trinajstić information content (AvgIpc) is 2.48. The Labute approximate surface area is 146 Å². The van der Waals surface area contributed by atoms with E-state index in [1.165, 1.54) is 6.42 Å². The molecule has 0 saturated carbocycles. The number of benzene rings is 1. The average molecular weight is 357 g/mol. The molecule has 0 bridgehead atoms. The van der Waals surface area contributed by atoms with E-state index < -0.39 is 0 Å². The molecule has 2 atom stereocenters. The summed E-state index contributed by atoms with van der Waals surface area (Å²) in [4.78, 5) is 22.0. The maximum atomic E-state index is 12.2. The Kier molecular flexibility index (Phi) is 6.03. The van der Waals surface area contributed by atoms with Crippen LogP contribution in [0.25, 0.3) is 10.9 Å². The maximum absolute atomic E-state index is 12.2. The smallest absolute Gasteiger partial charge is 0.258 e. The quantitative estimate of drug-likeness (QED) is 0.886. The van der Waals surface area contributed by atoms with Gasteiger partial charge in [-0.25, -0.2) is 4.98 Å². The van der Waals surface area contributed by atoms with Gasteiger partial charge >= 0.3 is 0 Å². The zero-order valence-electron chi connectivity index (χ0n) is 13.1. The number of fused-ring (bicyclic) bond motifs is 1. The highest BCUT2D eigenvalue weighted by molar-refractivity contribution is 6.31. The number of piperidine rings is 1. The minimum atomic E-state index is -0.142. The van der Waals surface area contributed by atoms with Gasteiger partial charge in [0.2, 0.25) is 0 Å². The van der Waals surface area contributed by atoms with Crippen molar-refractivity contribution in [1.82, 2.24) is 14.9 Å². The van der Waals surface area contributed by atoms with Crippen LogP contribution in [0.5, 0.6) is 0 Å². The molecule has 3 rings (SSSR count). The highest BCUT2D eigenvalue weighted by Gasteiger charge is 2.26. The van der Waals surface area contributed by atoms with Crippen LogP contribution in [0, 0.1) is 0 Å². The summed E-state index contributed by atoms with van der Waals surface area (Å²) in [6, 6.07) is 5.66. The molecule has 2 aromatic rings. The Hall–Kier alpha value is -1.14. The molecule has 1 aromatic heterocycles. The number of nitrogens with two attached hydrogens (primary N) is 1. The molecule has 0 spiro atoms. The van der Waals surface area contributed by atoms with Crippen molar-refractivity contribution in [3.05, 3.63) is 39.4 Å². The first-order valence-electron chi connectivity index (χ1n) is 7.72. The van der Waals surface area contributed by atoms with Gasteiger partial charge in [0.05, 0.1) is 17.4 Å². The van der Waals surface area contributed by atoms with Gasteiger partial charge in [0, 0.05) is 17.1 Å². The lowest BCUT2D eigenvalue weighted by atomic mass is 9.97. The third kappa shape index (κ3) is 4.04. The Bertz CT molecular complexity index is 732. The molecule has 1 fully saturated rings. The molecule has 3 N–H and O–H groups in total. The number of nitrogens with one attached hydrogen (secondary N) is 1. The van der Waals surface area contributed by atoms with Crippen LogP contribution in [0.3, 0.4) is 0 Å². The second-order valence-electron chi connectivity index (χ2n) is 6.07. The maximum Gasteiger partial charge on any atom is 0.258 e. The van der Waals surface area contributed by atoms with E-state index in [1.54, 1.807) is 18.2 Å². The van der Waals surface area contributed by atoms with Gasteiger partial charge in [0.1, 0.15) is 5.82 Å². The SMILES string of the molecule is CC(N)C1CCCCN1Cc1nc2ccc(Cl)cc2c(=O)[nH]1.Cl. The van der Waals surface area contributed by atoms with Gasteiger partial charge in [0.15, 0.2) is 0 Å². The zero-order chi connectivity index (χ0) is 15.7. The summed E-state index contributed by atoms with van der Waals surface area (Å²) in [5.74, 6) is 0.687. The van der Waals surface area contributed by atoms with Crippen molar-refractivity contribution in [2.24, 2.45) is 5.73 Å². The number of rotatable bonds is 3. The Morgan fingerprint density at radius 3 is 3.00 bits per heavy atom. The van der Waals surface area contributed by atoms with Crippen LogP contribution in [0.1, 0.15) is 32.0 Å². The third-order valence-corrected chi connectivity index (χ3v) is 4.58. The number of H-pyrrole nitrogens is 1. The summed E-state index contributed by atoms with van der Waals surface area (Å²) in [7, 11) is 0. The topological polar surface area (TPSA) is 75.0 Å². The Balaban J connectivity index is 0.00000192. The fourth-order valence-electron chi connectivity index (χ4n) is 3.24. The fourth-order valence-corrected chi connectivity index (χ4v) is 3.41. The molecule has 0 amide bonds. The molecule has 126 valence electrons. The highest BCUT2D eigenvalue weighted by Crippen LogP contribution is 2.21. The summed E-state index contributed by atoms with van der Waals surface area (Å²) in [5, 5.41) is 1.07. The monoisotopic (exact) mass is 356 g/mol. The van der Waals surface area contributed by atoms with Crippen molar-refractivity contribution in [3.8, 4) is 0 Å². The molecule has 0 radical (unpaired) electrons. The van der Waals surface area contributed by atoms with E-state index in [-0.39, 0.29) is 24.0 Å². The first kappa shape index (κ1) is 18.2. The van der Waals surface area contributed by atoms with Gasteiger partial charge in [-0.15, -0.1) is 12.4 Å². The van der Waals surface area contributed by atoms with Gasteiger partial charge < -0.3 is 10.7 Å². The molecule has 1 aliphatic heterocycles. The molecule has 5 nitrogen and oxygen atoms in total. The molecule has 2 heterocycles. The normalized spacial score (nSPS) is 20.2. The van der Waals surface area contributed by atoms with Crippen LogP contribution >= 0.6 is 24.0 Å². The number of hydrogen-bond donors (Lipinski definition) is 2. The summed E-state index contributed by atoms with van der Waals surface area (Å²) in [6.07, 6.45) is 3.48. The van der Waals surface area contributed by atoms with E-state index >= 15 is 0 Å². The van der Waals surface area contributed by atoms with Crippen LogP contribution in [-0.4, -0.2) is 33.5 Å². The molecular formula is C16H22Cl2N4O. The predicted octanol–water partition coefficient (Wildman–Crippen LogP) is 2.70. The number of likely N-dealkylation sites (tertiary alicyclic amines) is 1. The van der Waals surface area contributed by atoms with Crippen molar-refractivity contribution in [1.29, 1.82) is 0 Å². The summed E-state index contributed by atoms with van der Waals surface area (Å²) in [5.41, 5.74) is 6.64. The minimum Gasteiger partial charge on any atom is -0.327 e. The van der Waals surface area contributed by atoms with E-state index in [4.69, 9.17) is 17.3 Å². The van der Waals surface area contributed by atoms with Crippen LogP contribution in [0.15, 0.2) is 23.0 Å². The largest absolute Gasteiger partial charge is 0.327 e. The van der Waals surface area contributed by atoms with E-state index in [0.717, 1.165) is 19.4 Å². The second kappa shape index (κ2) is 7.62. The number of hydrogen-bond acceptors (Lipinski definition) is 4. The van der Waals surface area contributed by atoms with Crippen molar-refractivity contribution >= 4 is 34.9 Å². The first-order chi connectivity index (χ1) is 10.5. The number of aromatic amines is 1. The Morgan fingerprint density at radius 2 is 2.26 bits per heavy atom. The summed E-state index contributed by atoms with van der Waals surface area (Å²) in [6.45, 7) is 3.66. The van der Waals surface area contributed by atoms with Crippen LogP contribution < -0.4 is 11.3 Å². The molecule has 7 heteroatoms. The van der Waals surface area contributed by atoms with Gasteiger partial charge in [-0.2, -0.15) is 0 Å². The van der Waals surface area contributed by atoms with Crippen molar-refractivity contribution in [2.75, 3.05) is 6.54 Å². The standard InChI is InChI=1S/C16H21ClN4O.ClH/c1-10(18)14-4-2-3-7-21(14)9-15-19-13-6-5-11(17)8-12(13)16(22)20-15;/h5-6,8,10,14H,2-4,7,9,18H2,1H3,(H,19,20,22);1H. The van der Waals surface area contributed by atoms with E-state index in [0.29, 0.717) is 34.3 Å². The Morgan fingerprint density at radius 1 is 1.48 bits per heavy atom. The summed E-state index contributed by atoms with van der Waals surface area (Å²) >= 11 is 5.94. The number of halogens is 2. The van der Waals surface area contributed by atoms with Crippen LogP contribution in [0.2, 0.25) is 5.02 Å². The van der Waals surface area contributed by atoms with Gasteiger partial charge in [0.25, 0.3) is 5.56 Å². The fraction of sp³-hybridized carbons (Fsp3) is 0.500. The van der Waals surface area contributed by atoms with Crippen molar-refractivity contribution in [3.63, 3.8) is 0 Å². The van der Waals surface area contributed by atoms with Crippen LogP contribution in [-0.2, 0) is 6.54 Å². The minimum absolute atomic E-state index is 0. The lowest BCUT2D eigenvalue weighted by Crippen LogP contribution is -2.48. The molecular weight excluding hydrogens is 335 g/mol. The van der Waals surface area contributed by atoms with E-state index in [2.05, 4.69) is 14.9 Å². The van der Waals surface area contributed by atoms with Crippen molar-refractivity contribution in [2.45, 2.75) is 44.8 Å². The summed E-state index contributed by atoms with van der Waals surface area (Å²) < 4.78 is 0. The van der Waals surface area contributed by atoms with Gasteiger partial charge in [-0.05, 0) is 44.5 Å². The molecule has 0 aliphatic carbocycles. The molecule has 1 aromatic carbocycles. The second-order valence-corrected chi connectivity index (χ2v) is 6.50. The number of aromatic nitrogens is 2. The lowest BCUT2D eigenvalue weighted by Gasteiger charge is -2.37. The van der Waals surface area contributed by atoms with Crippen LogP contribution in [0.4, 0.5) is 0 Å². The predicted molar refractivity (Wildman–Crippen MR) is 96.3 cm³/mol. The third-order valence-electron chi connectivity index (χ3n) is 4.34. The zero-order valence-corrected chi connectivity index (χ0v) is 14.7. The van der Waals surface area contributed by atoms with Crippen molar-refractivity contribution < 1.29 is 0 Å². The lowest BCUT2D eigenvalue weighted by molar-refractivity contribution is 0.120. The first-order valence-corrected chi connectivity index (χ1v) is 8.10. The molecule has 23 heavy (non-hydrogen) atoms. The van der Waals surface area contributed by atoms with Gasteiger partial charge in [-0.1, -0.05) is 18.0 Å². The molecule has 1 saturated heterocycles. The molecule has 1 aliphatic rings. The van der Waals surface area contributed by atoms with E-state index in [1.807, 2.05) is 6.92 Å². The van der Waals surface area contributed by atoms with E-state index in [9.17, 15) is 4.79 Å². The highest BCUT2D eigenvalue weighted by atomic mass is 35.5. The number of nitrogens with zero attached hydrogens (tertiary/aromatic N) is 2. The van der Waals surface area contributed by atoms with Gasteiger partial charge in [-0.3, -0.25) is 9.69 Å². The molecule has 2 unspecified atom stereocenters.